The van der Waals surface area contributed by atoms with Crippen LogP contribution in [-0.4, -0.2) is 40.0 Å². The van der Waals surface area contributed by atoms with Gasteiger partial charge in [0, 0.05) is 11.9 Å². The van der Waals surface area contributed by atoms with Gasteiger partial charge in [-0.15, -0.1) is 0 Å². The molecule has 2 aromatic carbocycles. The number of carbonyl (C=O) groups is 1. The summed E-state index contributed by atoms with van der Waals surface area (Å²) in [6, 6.07) is 16.0. The zero-order chi connectivity index (χ0) is 23.4. The van der Waals surface area contributed by atoms with Crippen molar-refractivity contribution in [2.24, 2.45) is 0 Å². The fourth-order valence-electron chi connectivity index (χ4n) is 2.99. The smallest absolute Gasteiger partial charge is 0.261 e. The molecule has 0 fully saturated rings. The Balaban J connectivity index is 1.75. The number of hydrogen-bond donors (Lipinski definition) is 2. The third-order valence-electron chi connectivity index (χ3n) is 4.45. The number of hydrogen-bond acceptors (Lipinski definition) is 6. The molecule has 2 N–H and O–H groups in total. The van der Waals surface area contributed by atoms with E-state index >= 15 is 0 Å². The van der Waals surface area contributed by atoms with Gasteiger partial charge in [0.25, 0.3) is 10.0 Å². The molecule has 0 aliphatic heterocycles. The summed E-state index contributed by atoms with van der Waals surface area (Å²) >= 11 is 0. The van der Waals surface area contributed by atoms with Crippen LogP contribution in [0.15, 0.2) is 84.0 Å². The number of nitrogens with zero attached hydrogens (tertiary/aromatic N) is 2. The molecule has 3 aromatic rings. The lowest BCUT2D eigenvalue weighted by Crippen LogP contribution is -2.45. The Bertz CT molecular complexity index is 1280. The highest BCUT2D eigenvalue weighted by atomic mass is 32.2. The maximum Gasteiger partial charge on any atom is 0.261 e. The Labute approximate surface area is 187 Å². The summed E-state index contributed by atoms with van der Waals surface area (Å²) in [5, 5.41) is 2.62. The van der Waals surface area contributed by atoms with Crippen molar-refractivity contribution in [3.05, 3.63) is 79.1 Å². The fraction of sp³-hybridized carbons (Fsp3) is 0.143. The third-order valence-corrected chi connectivity index (χ3v) is 7.08. The molecule has 1 amide bonds. The van der Waals surface area contributed by atoms with Crippen molar-refractivity contribution in [1.82, 2.24) is 4.98 Å². The number of amides is 1. The Morgan fingerprint density at radius 3 is 2.12 bits per heavy atom. The molecule has 168 valence electrons. The fourth-order valence-corrected chi connectivity index (χ4v) is 5.20. The summed E-state index contributed by atoms with van der Waals surface area (Å²) in [6.07, 6.45) is 3.94. The van der Waals surface area contributed by atoms with E-state index in [9.17, 15) is 21.6 Å². The van der Waals surface area contributed by atoms with Crippen LogP contribution < -0.4 is 14.3 Å². The highest BCUT2D eigenvalue weighted by Crippen LogP contribution is 2.22. The van der Waals surface area contributed by atoms with Crippen LogP contribution in [0.25, 0.3) is 0 Å². The van der Waals surface area contributed by atoms with Gasteiger partial charge in [0.2, 0.25) is 15.9 Å². The van der Waals surface area contributed by atoms with Crippen molar-refractivity contribution in [3.8, 4) is 0 Å². The summed E-state index contributed by atoms with van der Waals surface area (Å²) in [5.41, 5.74) is 1.00. The van der Waals surface area contributed by atoms with Crippen LogP contribution in [0.4, 0.5) is 17.1 Å². The second-order valence-electron chi connectivity index (χ2n) is 6.93. The Morgan fingerprint density at radius 2 is 1.56 bits per heavy atom. The molecular formula is C21H22N4O5S2. The number of aromatic nitrogens is 1. The third kappa shape index (κ3) is 5.62. The number of carbonyl (C=O) groups excluding carboxylic acids is 1. The number of nitrogens with one attached hydrogen (secondary N) is 2. The van der Waals surface area contributed by atoms with Crippen molar-refractivity contribution in [2.45, 2.75) is 17.9 Å². The van der Waals surface area contributed by atoms with Crippen molar-refractivity contribution >= 4 is 43.0 Å². The van der Waals surface area contributed by atoms with E-state index < -0.39 is 32.0 Å². The highest BCUT2D eigenvalue weighted by molar-refractivity contribution is 7.92. The van der Waals surface area contributed by atoms with Gasteiger partial charge in [0.15, 0.2) is 0 Å². The van der Waals surface area contributed by atoms with Gasteiger partial charge in [-0.25, -0.2) is 16.8 Å². The number of anilines is 3. The summed E-state index contributed by atoms with van der Waals surface area (Å²) in [5.74, 6) is -0.566. The molecule has 0 aliphatic rings. The minimum atomic E-state index is -3.83. The van der Waals surface area contributed by atoms with Gasteiger partial charge < -0.3 is 5.32 Å². The first kappa shape index (κ1) is 23.2. The normalized spacial score (nSPS) is 12.6. The molecule has 0 saturated heterocycles. The molecule has 0 spiro atoms. The molecule has 0 bridgehead atoms. The quantitative estimate of drug-likeness (QED) is 0.517. The lowest BCUT2D eigenvalue weighted by Gasteiger charge is -2.28. The van der Waals surface area contributed by atoms with Crippen LogP contribution in [0.5, 0.6) is 0 Å². The Morgan fingerprint density at radius 1 is 0.906 bits per heavy atom. The zero-order valence-corrected chi connectivity index (χ0v) is 19.0. The van der Waals surface area contributed by atoms with Crippen LogP contribution in [-0.2, 0) is 24.8 Å². The first-order valence-electron chi connectivity index (χ1n) is 9.46. The lowest BCUT2D eigenvalue weighted by molar-refractivity contribution is -0.116. The first-order chi connectivity index (χ1) is 15.1. The van der Waals surface area contributed by atoms with Crippen molar-refractivity contribution in [2.75, 3.05) is 20.6 Å². The van der Waals surface area contributed by atoms with E-state index in [2.05, 4.69) is 15.0 Å². The number of benzene rings is 2. The monoisotopic (exact) mass is 474 g/mol. The van der Waals surface area contributed by atoms with E-state index in [0.717, 1.165) is 10.6 Å². The number of pyridine rings is 1. The molecule has 1 atom stereocenters. The van der Waals surface area contributed by atoms with E-state index in [0.29, 0.717) is 17.1 Å². The van der Waals surface area contributed by atoms with Gasteiger partial charge in [-0.1, -0.05) is 18.2 Å². The lowest BCUT2D eigenvalue weighted by atomic mass is 10.2. The summed E-state index contributed by atoms with van der Waals surface area (Å²) in [7, 11) is -7.56. The zero-order valence-electron chi connectivity index (χ0n) is 17.3. The molecule has 0 aliphatic carbocycles. The number of para-hydroxylation sites is 1. The minimum absolute atomic E-state index is 0.00514. The number of sulfonamides is 2. The van der Waals surface area contributed by atoms with Gasteiger partial charge in [-0.05, 0) is 55.5 Å². The molecule has 0 saturated carbocycles. The second-order valence-corrected chi connectivity index (χ2v) is 10.5. The molecule has 32 heavy (non-hydrogen) atoms. The average molecular weight is 475 g/mol. The van der Waals surface area contributed by atoms with E-state index in [1.807, 2.05) is 0 Å². The van der Waals surface area contributed by atoms with Crippen LogP contribution in [0.3, 0.4) is 0 Å². The maximum absolute atomic E-state index is 12.7. The largest absolute Gasteiger partial charge is 0.324 e. The topological polar surface area (TPSA) is 126 Å². The Kier molecular flexibility index (Phi) is 6.80. The van der Waals surface area contributed by atoms with Gasteiger partial charge in [0.05, 0.1) is 28.7 Å². The van der Waals surface area contributed by atoms with E-state index in [1.54, 1.807) is 42.5 Å². The van der Waals surface area contributed by atoms with E-state index in [-0.39, 0.29) is 4.90 Å². The second kappa shape index (κ2) is 9.37. The molecule has 3 rings (SSSR count). The van der Waals surface area contributed by atoms with E-state index in [4.69, 9.17) is 0 Å². The molecule has 1 aromatic heterocycles. The molecule has 11 heteroatoms. The maximum atomic E-state index is 12.7. The highest BCUT2D eigenvalue weighted by Gasteiger charge is 2.29. The van der Waals surface area contributed by atoms with Crippen molar-refractivity contribution in [1.29, 1.82) is 0 Å². The SMILES string of the molecule is C[C@@H](C(=O)Nc1ccc(S(=O)(=O)Nc2cccnc2)cc1)N(c1ccccc1)S(C)(=O)=O. The Hall–Kier alpha value is -3.44. The van der Waals surface area contributed by atoms with Crippen LogP contribution in [0, 0.1) is 0 Å². The van der Waals surface area contributed by atoms with Crippen LogP contribution in [0.1, 0.15) is 6.92 Å². The van der Waals surface area contributed by atoms with Gasteiger partial charge >= 0.3 is 0 Å². The van der Waals surface area contributed by atoms with Gasteiger partial charge in [0.1, 0.15) is 6.04 Å². The predicted molar refractivity (Wildman–Crippen MR) is 123 cm³/mol. The minimum Gasteiger partial charge on any atom is -0.324 e. The molecule has 1 heterocycles. The standard InChI is InChI=1S/C21H22N4O5S2/c1-16(25(31(2,27)28)19-8-4-3-5-9-19)21(26)23-17-10-12-20(13-11-17)32(29,30)24-18-7-6-14-22-15-18/h3-16,24H,1-2H3,(H,23,26)/t16-/m0/s1. The first-order valence-corrected chi connectivity index (χ1v) is 12.8. The van der Waals surface area contributed by atoms with E-state index in [1.165, 1.54) is 43.6 Å². The molecular weight excluding hydrogens is 452 g/mol. The number of rotatable bonds is 8. The summed E-state index contributed by atoms with van der Waals surface area (Å²) in [4.78, 5) is 16.6. The summed E-state index contributed by atoms with van der Waals surface area (Å²) < 4.78 is 53.0. The van der Waals surface area contributed by atoms with Crippen LogP contribution in [0.2, 0.25) is 0 Å². The van der Waals surface area contributed by atoms with Crippen molar-refractivity contribution < 1.29 is 21.6 Å². The molecule has 0 radical (unpaired) electrons. The van der Waals surface area contributed by atoms with Crippen LogP contribution >= 0.6 is 0 Å². The molecule has 9 nitrogen and oxygen atoms in total. The average Bonchev–Trinajstić information content (AvgIpc) is 2.74. The van der Waals surface area contributed by atoms with Crippen molar-refractivity contribution in [3.63, 3.8) is 0 Å². The van der Waals surface area contributed by atoms with Gasteiger partial charge in [-0.3, -0.25) is 18.8 Å². The predicted octanol–water partition coefficient (Wildman–Crippen LogP) is 2.68. The van der Waals surface area contributed by atoms with Gasteiger partial charge in [-0.2, -0.15) is 0 Å². The summed E-state index contributed by atoms with van der Waals surface area (Å²) in [6.45, 7) is 1.47. The molecule has 0 unspecified atom stereocenters.